The first-order chi connectivity index (χ1) is 13.0. The molecule has 0 aromatic heterocycles. The van der Waals surface area contributed by atoms with Crippen molar-refractivity contribution in [3.63, 3.8) is 0 Å². The van der Waals surface area contributed by atoms with E-state index in [1.807, 2.05) is 49.4 Å². The number of amides is 2. The fourth-order valence-electron chi connectivity index (χ4n) is 3.30. The molecule has 1 atom stereocenters. The molecule has 3 rings (SSSR count). The van der Waals surface area contributed by atoms with Gasteiger partial charge in [-0.2, -0.15) is 0 Å². The standard InChI is InChI=1S/C22H26N2O3/c1-15-4-8-19(12-16(15)2)24-14-18(13-22(24)26)23-21(25)11-7-17-5-9-20(27-3)10-6-17/h4-6,8-10,12,18H,7,11,13-14H2,1-3H3,(H,23,25)/t18-/m0/s1. The lowest BCUT2D eigenvalue weighted by Gasteiger charge is -2.18. The number of rotatable bonds is 6. The first kappa shape index (κ1) is 19.0. The fraction of sp³-hybridized carbons (Fsp3) is 0.364. The molecule has 142 valence electrons. The molecule has 27 heavy (non-hydrogen) atoms. The van der Waals surface area contributed by atoms with Crippen LogP contribution in [0, 0.1) is 13.8 Å². The van der Waals surface area contributed by atoms with Crippen molar-refractivity contribution in [1.82, 2.24) is 5.32 Å². The molecule has 0 radical (unpaired) electrons. The van der Waals surface area contributed by atoms with Crippen LogP contribution in [0.25, 0.3) is 0 Å². The number of carbonyl (C=O) groups is 2. The second kappa shape index (κ2) is 8.25. The molecule has 1 fully saturated rings. The lowest BCUT2D eigenvalue weighted by Crippen LogP contribution is -2.37. The van der Waals surface area contributed by atoms with Crippen LogP contribution in [0.15, 0.2) is 42.5 Å². The van der Waals surface area contributed by atoms with Gasteiger partial charge in [0.15, 0.2) is 0 Å². The molecule has 2 aromatic carbocycles. The van der Waals surface area contributed by atoms with Gasteiger partial charge in [0.1, 0.15) is 5.75 Å². The molecule has 5 heteroatoms. The van der Waals surface area contributed by atoms with E-state index < -0.39 is 0 Å². The number of hydrogen-bond acceptors (Lipinski definition) is 3. The summed E-state index contributed by atoms with van der Waals surface area (Å²) < 4.78 is 5.14. The number of benzene rings is 2. The zero-order chi connectivity index (χ0) is 19.4. The van der Waals surface area contributed by atoms with Crippen molar-refractivity contribution >= 4 is 17.5 Å². The summed E-state index contributed by atoms with van der Waals surface area (Å²) in [6.07, 6.45) is 1.42. The minimum Gasteiger partial charge on any atom is -0.497 e. The van der Waals surface area contributed by atoms with Gasteiger partial charge in [0, 0.05) is 25.1 Å². The zero-order valence-corrected chi connectivity index (χ0v) is 16.1. The molecule has 1 aliphatic rings. The van der Waals surface area contributed by atoms with E-state index in [0.29, 0.717) is 25.8 Å². The van der Waals surface area contributed by atoms with Crippen molar-refractivity contribution < 1.29 is 14.3 Å². The molecule has 1 saturated heterocycles. The normalized spacial score (nSPS) is 16.5. The Morgan fingerprint density at radius 1 is 1.15 bits per heavy atom. The van der Waals surface area contributed by atoms with Gasteiger partial charge >= 0.3 is 0 Å². The maximum atomic E-state index is 12.4. The van der Waals surface area contributed by atoms with Crippen LogP contribution in [0.2, 0.25) is 0 Å². The van der Waals surface area contributed by atoms with Crippen molar-refractivity contribution in [2.45, 2.75) is 39.2 Å². The number of methoxy groups -OCH3 is 1. The number of nitrogens with one attached hydrogen (secondary N) is 1. The predicted molar refractivity (Wildman–Crippen MR) is 106 cm³/mol. The Bertz CT molecular complexity index is 830. The third-order valence-corrected chi connectivity index (χ3v) is 5.09. The van der Waals surface area contributed by atoms with Gasteiger partial charge in [0.25, 0.3) is 0 Å². The van der Waals surface area contributed by atoms with Crippen molar-refractivity contribution in [1.29, 1.82) is 0 Å². The van der Waals surface area contributed by atoms with Gasteiger partial charge in [-0.15, -0.1) is 0 Å². The monoisotopic (exact) mass is 366 g/mol. The number of ether oxygens (including phenoxy) is 1. The third kappa shape index (κ3) is 4.67. The minimum absolute atomic E-state index is 0.0226. The zero-order valence-electron chi connectivity index (χ0n) is 16.1. The van der Waals surface area contributed by atoms with Gasteiger partial charge in [-0.3, -0.25) is 9.59 Å². The Hall–Kier alpha value is -2.82. The van der Waals surface area contributed by atoms with Crippen LogP contribution in [-0.2, 0) is 16.0 Å². The third-order valence-electron chi connectivity index (χ3n) is 5.09. The fourth-order valence-corrected chi connectivity index (χ4v) is 3.30. The van der Waals surface area contributed by atoms with Crippen molar-refractivity contribution in [2.75, 3.05) is 18.6 Å². The van der Waals surface area contributed by atoms with Gasteiger partial charge in [-0.05, 0) is 61.2 Å². The molecule has 1 N–H and O–H groups in total. The molecular weight excluding hydrogens is 340 g/mol. The lowest BCUT2D eigenvalue weighted by atomic mass is 10.1. The van der Waals surface area contributed by atoms with Crippen LogP contribution in [-0.4, -0.2) is 31.5 Å². The topological polar surface area (TPSA) is 58.6 Å². The summed E-state index contributed by atoms with van der Waals surface area (Å²) in [6.45, 7) is 4.62. The van der Waals surface area contributed by atoms with E-state index in [2.05, 4.69) is 12.2 Å². The summed E-state index contributed by atoms with van der Waals surface area (Å²) in [6, 6.07) is 13.6. The van der Waals surface area contributed by atoms with Crippen LogP contribution >= 0.6 is 0 Å². The number of aryl methyl sites for hydroxylation is 3. The van der Waals surface area contributed by atoms with Gasteiger partial charge < -0.3 is 15.0 Å². The van der Waals surface area contributed by atoms with E-state index in [0.717, 1.165) is 22.6 Å². The summed E-state index contributed by atoms with van der Waals surface area (Å²) in [5.41, 5.74) is 4.35. The summed E-state index contributed by atoms with van der Waals surface area (Å²) in [5.74, 6) is 0.836. The molecule has 0 spiro atoms. The van der Waals surface area contributed by atoms with Crippen LogP contribution in [0.5, 0.6) is 5.75 Å². The van der Waals surface area contributed by atoms with E-state index in [1.165, 1.54) is 5.56 Å². The van der Waals surface area contributed by atoms with E-state index >= 15 is 0 Å². The highest BCUT2D eigenvalue weighted by Gasteiger charge is 2.31. The van der Waals surface area contributed by atoms with E-state index in [-0.39, 0.29) is 17.9 Å². The Kier molecular flexibility index (Phi) is 5.79. The van der Waals surface area contributed by atoms with E-state index in [1.54, 1.807) is 12.0 Å². The number of anilines is 1. The molecule has 1 aliphatic heterocycles. The number of hydrogen-bond donors (Lipinski definition) is 1. The van der Waals surface area contributed by atoms with Crippen LogP contribution < -0.4 is 15.0 Å². The van der Waals surface area contributed by atoms with E-state index in [4.69, 9.17) is 4.74 Å². The maximum Gasteiger partial charge on any atom is 0.229 e. The van der Waals surface area contributed by atoms with Gasteiger partial charge in [-0.1, -0.05) is 18.2 Å². The Balaban J connectivity index is 1.52. The number of nitrogens with zero attached hydrogens (tertiary/aromatic N) is 1. The van der Waals surface area contributed by atoms with Gasteiger partial charge in [0.05, 0.1) is 13.2 Å². The first-order valence-corrected chi connectivity index (χ1v) is 9.26. The van der Waals surface area contributed by atoms with Crippen molar-refractivity contribution in [3.8, 4) is 5.75 Å². The average molecular weight is 366 g/mol. The lowest BCUT2D eigenvalue weighted by molar-refractivity contribution is -0.121. The average Bonchev–Trinajstić information content (AvgIpc) is 3.02. The summed E-state index contributed by atoms with van der Waals surface area (Å²) >= 11 is 0. The molecule has 2 amide bonds. The molecule has 0 aliphatic carbocycles. The summed E-state index contributed by atoms with van der Waals surface area (Å²) in [5, 5.41) is 3.00. The van der Waals surface area contributed by atoms with Gasteiger partial charge in [0.2, 0.25) is 11.8 Å². The first-order valence-electron chi connectivity index (χ1n) is 9.26. The smallest absolute Gasteiger partial charge is 0.229 e. The molecule has 1 heterocycles. The van der Waals surface area contributed by atoms with Crippen molar-refractivity contribution in [2.24, 2.45) is 0 Å². The Labute approximate surface area is 160 Å². The summed E-state index contributed by atoms with van der Waals surface area (Å²) in [7, 11) is 1.63. The van der Waals surface area contributed by atoms with Crippen LogP contribution in [0.3, 0.4) is 0 Å². The molecular formula is C22H26N2O3. The van der Waals surface area contributed by atoms with Crippen LogP contribution in [0.4, 0.5) is 5.69 Å². The van der Waals surface area contributed by atoms with Crippen LogP contribution in [0.1, 0.15) is 29.5 Å². The second-order valence-corrected chi connectivity index (χ2v) is 7.09. The predicted octanol–water partition coefficient (Wildman–Crippen LogP) is 3.17. The largest absolute Gasteiger partial charge is 0.497 e. The molecule has 0 unspecified atom stereocenters. The Morgan fingerprint density at radius 3 is 2.56 bits per heavy atom. The quantitative estimate of drug-likeness (QED) is 0.854. The minimum atomic E-state index is -0.137. The molecule has 5 nitrogen and oxygen atoms in total. The highest BCUT2D eigenvalue weighted by molar-refractivity contribution is 5.97. The highest BCUT2D eigenvalue weighted by atomic mass is 16.5. The van der Waals surface area contributed by atoms with Crippen molar-refractivity contribution in [3.05, 3.63) is 59.2 Å². The molecule has 2 aromatic rings. The SMILES string of the molecule is COc1ccc(CCC(=O)N[C@H]2CC(=O)N(c3ccc(C)c(C)c3)C2)cc1. The molecule has 0 saturated carbocycles. The molecule has 0 bridgehead atoms. The number of carbonyl (C=O) groups excluding carboxylic acids is 2. The maximum absolute atomic E-state index is 12.4. The summed E-state index contributed by atoms with van der Waals surface area (Å²) in [4.78, 5) is 26.4. The van der Waals surface area contributed by atoms with Gasteiger partial charge in [-0.25, -0.2) is 0 Å². The second-order valence-electron chi connectivity index (χ2n) is 7.09. The van der Waals surface area contributed by atoms with E-state index in [9.17, 15) is 9.59 Å². The Morgan fingerprint density at radius 2 is 1.89 bits per heavy atom. The highest BCUT2D eigenvalue weighted by Crippen LogP contribution is 2.24.